The molecular weight excluding hydrogens is 264 g/mol. The molecule has 5 nitrogen and oxygen atoms in total. The van der Waals surface area contributed by atoms with Crippen molar-refractivity contribution < 1.29 is 15.0 Å². The number of nitrogens with two attached hydrogens (primary N) is 1. The Hall–Kier alpha value is -0.300. The number of likely N-dealkylation sites (N-methyl/N-ethyl adjacent to an activating group) is 1. The van der Waals surface area contributed by atoms with Gasteiger partial charge in [-0.25, -0.2) is 0 Å². The lowest BCUT2D eigenvalue weighted by Crippen LogP contribution is -2.57. The Bertz CT molecular complexity index is 291. The van der Waals surface area contributed by atoms with Crippen molar-refractivity contribution >= 4 is 17.7 Å². The third kappa shape index (κ3) is 4.34. The van der Waals surface area contributed by atoms with Crippen LogP contribution in [0, 0.1) is 5.92 Å². The molecule has 0 aromatic heterocycles. The van der Waals surface area contributed by atoms with Crippen molar-refractivity contribution in [1.29, 1.82) is 0 Å². The average molecular weight is 290 g/mol. The van der Waals surface area contributed by atoms with Crippen LogP contribution in [0.2, 0.25) is 0 Å². The number of hydrogen-bond acceptors (Lipinski definition) is 5. The molecule has 1 aliphatic carbocycles. The van der Waals surface area contributed by atoms with Crippen molar-refractivity contribution in [2.24, 2.45) is 11.7 Å². The van der Waals surface area contributed by atoms with Gasteiger partial charge in [-0.2, -0.15) is 11.8 Å². The van der Waals surface area contributed by atoms with E-state index in [1.54, 1.807) is 11.8 Å². The number of aliphatic hydroxyl groups is 2. The maximum absolute atomic E-state index is 11.8. The van der Waals surface area contributed by atoms with Crippen LogP contribution in [0.4, 0.5) is 0 Å². The number of rotatable bonds is 9. The largest absolute Gasteiger partial charge is 0.394 e. The van der Waals surface area contributed by atoms with Gasteiger partial charge in [0.15, 0.2) is 0 Å². The zero-order valence-corrected chi connectivity index (χ0v) is 12.4. The Morgan fingerprint density at radius 3 is 2.95 bits per heavy atom. The van der Waals surface area contributed by atoms with Gasteiger partial charge in [-0.3, -0.25) is 4.79 Å². The highest BCUT2D eigenvalue weighted by atomic mass is 32.2. The van der Waals surface area contributed by atoms with Gasteiger partial charge < -0.3 is 21.3 Å². The fourth-order valence-electron chi connectivity index (χ4n) is 2.93. The SMILES string of the molecule is CCNC1(C(N)=O)CCCC1CCSCC(O)CO. The van der Waals surface area contributed by atoms with Gasteiger partial charge in [-0.1, -0.05) is 13.3 Å². The number of carbonyl (C=O) groups excluding carboxylic acids is 1. The lowest BCUT2D eigenvalue weighted by Gasteiger charge is -2.33. The molecule has 3 atom stereocenters. The summed E-state index contributed by atoms with van der Waals surface area (Å²) in [6.07, 6.45) is 3.15. The Kier molecular flexibility index (Phi) is 7.13. The maximum Gasteiger partial charge on any atom is 0.238 e. The van der Waals surface area contributed by atoms with Gasteiger partial charge in [0.2, 0.25) is 5.91 Å². The highest BCUT2D eigenvalue weighted by Gasteiger charge is 2.46. The summed E-state index contributed by atoms with van der Waals surface area (Å²) in [5, 5.41) is 21.3. The van der Waals surface area contributed by atoms with E-state index in [2.05, 4.69) is 5.32 Å². The predicted octanol–water partition coefficient (Wildman–Crippen LogP) is 0.0966. The van der Waals surface area contributed by atoms with E-state index in [1.807, 2.05) is 6.92 Å². The number of primary amides is 1. The lowest BCUT2D eigenvalue weighted by atomic mass is 9.84. The molecule has 0 spiro atoms. The molecule has 1 saturated carbocycles. The van der Waals surface area contributed by atoms with Gasteiger partial charge in [0.05, 0.1) is 12.7 Å². The minimum Gasteiger partial charge on any atom is -0.394 e. The standard InChI is InChI=1S/C13H26N2O3S/c1-2-15-13(12(14)18)6-3-4-10(13)5-7-19-9-11(17)8-16/h10-11,15-17H,2-9H2,1H3,(H2,14,18). The van der Waals surface area contributed by atoms with Gasteiger partial charge >= 0.3 is 0 Å². The Morgan fingerprint density at radius 2 is 2.37 bits per heavy atom. The lowest BCUT2D eigenvalue weighted by molar-refractivity contribution is -0.125. The zero-order chi connectivity index (χ0) is 14.3. The van der Waals surface area contributed by atoms with Crippen LogP contribution in [0.3, 0.4) is 0 Å². The van der Waals surface area contributed by atoms with Gasteiger partial charge in [0.1, 0.15) is 5.54 Å². The number of carbonyl (C=O) groups is 1. The summed E-state index contributed by atoms with van der Waals surface area (Å²) in [4.78, 5) is 11.8. The normalized spacial score (nSPS) is 28.5. The quantitative estimate of drug-likeness (QED) is 0.452. The second kappa shape index (κ2) is 8.09. The van der Waals surface area contributed by atoms with Crippen LogP contribution in [-0.4, -0.2) is 52.4 Å². The van der Waals surface area contributed by atoms with Crippen molar-refractivity contribution in [3.8, 4) is 0 Å². The zero-order valence-electron chi connectivity index (χ0n) is 11.6. The van der Waals surface area contributed by atoms with Crippen molar-refractivity contribution in [3.05, 3.63) is 0 Å². The summed E-state index contributed by atoms with van der Waals surface area (Å²) in [6, 6.07) is 0. The fraction of sp³-hybridized carbons (Fsp3) is 0.923. The van der Waals surface area contributed by atoms with Crippen LogP contribution in [0.15, 0.2) is 0 Å². The Labute approximate surface area is 119 Å². The smallest absolute Gasteiger partial charge is 0.238 e. The summed E-state index contributed by atoms with van der Waals surface area (Å²) in [5.74, 6) is 1.46. The van der Waals surface area contributed by atoms with E-state index >= 15 is 0 Å². The summed E-state index contributed by atoms with van der Waals surface area (Å²) in [5.41, 5.74) is 5.07. The van der Waals surface area contributed by atoms with Crippen LogP contribution in [0.25, 0.3) is 0 Å². The van der Waals surface area contributed by atoms with Gasteiger partial charge in [0, 0.05) is 5.75 Å². The van der Waals surface area contributed by atoms with Crippen molar-refractivity contribution in [3.63, 3.8) is 0 Å². The molecule has 0 bridgehead atoms. The molecule has 19 heavy (non-hydrogen) atoms. The van der Waals surface area contributed by atoms with Crippen LogP contribution in [0.5, 0.6) is 0 Å². The number of aliphatic hydroxyl groups excluding tert-OH is 2. The minimum atomic E-state index is -0.650. The first kappa shape index (κ1) is 16.8. The van der Waals surface area contributed by atoms with E-state index < -0.39 is 11.6 Å². The summed E-state index contributed by atoms with van der Waals surface area (Å²) < 4.78 is 0. The topological polar surface area (TPSA) is 95.6 Å². The predicted molar refractivity (Wildman–Crippen MR) is 78.0 cm³/mol. The number of nitrogens with one attached hydrogen (secondary N) is 1. The van der Waals surface area contributed by atoms with Crippen LogP contribution in [-0.2, 0) is 4.79 Å². The molecule has 1 amide bonds. The van der Waals surface area contributed by atoms with E-state index in [4.69, 9.17) is 10.8 Å². The molecule has 1 rings (SSSR count). The molecule has 5 N–H and O–H groups in total. The number of amides is 1. The van der Waals surface area contributed by atoms with E-state index in [0.29, 0.717) is 5.75 Å². The molecule has 1 fully saturated rings. The second-order valence-corrected chi connectivity index (χ2v) is 6.30. The molecule has 0 heterocycles. The Balaban J connectivity index is 2.44. The first-order chi connectivity index (χ1) is 9.06. The molecule has 0 aliphatic heterocycles. The minimum absolute atomic E-state index is 0.195. The summed E-state index contributed by atoms with van der Waals surface area (Å²) in [6.45, 7) is 2.54. The maximum atomic E-state index is 11.8. The molecule has 0 radical (unpaired) electrons. The third-order valence-corrected chi connectivity index (χ3v) is 5.03. The number of thioether (sulfide) groups is 1. The van der Waals surface area contributed by atoms with Gasteiger partial charge in [-0.15, -0.1) is 0 Å². The molecular formula is C13H26N2O3S. The van der Waals surface area contributed by atoms with Crippen molar-refractivity contribution in [2.45, 2.75) is 44.2 Å². The molecule has 0 aromatic carbocycles. The molecule has 112 valence electrons. The number of hydrogen-bond donors (Lipinski definition) is 4. The van der Waals surface area contributed by atoms with E-state index in [0.717, 1.165) is 38.0 Å². The molecule has 0 saturated heterocycles. The second-order valence-electron chi connectivity index (χ2n) is 5.16. The third-order valence-electron chi connectivity index (χ3n) is 3.88. The van der Waals surface area contributed by atoms with Crippen molar-refractivity contribution in [2.75, 3.05) is 24.7 Å². The summed E-state index contributed by atoms with van der Waals surface area (Å²) >= 11 is 1.61. The fourth-order valence-corrected chi connectivity index (χ4v) is 3.92. The average Bonchev–Trinajstić information content (AvgIpc) is 2.79. The monoisotopic (exact) mass is 290 g/mol. The highest BCUT2D eigenvalue weighted by molar-refractivity contribution is 7.99. The van der Waals surface area contributed by atoms with Crippen LogP contribution >= 0.6 is 11.8 Å². The van der Waals surface area contributed by atoms with E-state index in [1.165, 1.54) is 0 Å². The molecule has 6 heteroatoms. The summed E-state index contributed by atoms with van der Waals surface area (Å²) in [7, 11) is 0. The van der Waals surface area contributed by atoms with Gasteiger partial charge in [-0.05, 0) is 37.5 Å². The highest BCUT2D eigenvalue weighted by Crippen LogP contribution is 2.38. The first-order valence-corrected chi connectivity index (χ1v) is 8.14. The van der Waals surface area contributed by atoms with E-state index in [9.17, 15) is 9.90 Å². The van der Waals surface area contributed by atoms with Crippen molar-refractivity contribution in [1.82, 2.24) is 5.32 Å². The molecule has 1 aliphatic rings. The first-order valence-electron chi connectivity index (χ1n) is 6.98. The van der Waals surface area contributed by atoms with Crippen LogP contribution in [0.1, 0.15) is 32.6 Å². The van der Waals surface area contributed by atoms with E-state index in [-0.39, 0.29) is 18.4 Å². The molecule has 0 aromatic rings. The molecule has 3 unspecified atom stereocenters. The Morgan fingerprint density at radius 1 is 1.63 bits per heavy atom. The van der Waals surface area contributed by atoms with Crippen LogP contribution < -0.4 is 11.1 Å². The van der Waals surface area contributed by atoms with Gasteiger partial charge in [0.25, 0.3) is 0 Å².